The minimum Gasteiger partial charge on any atom is -0.345 e. The molecule has 2 aromatic carbocycles. The molecule has 2 N–H and O–H groups in total. The van der Waals surface area contributed by atoms with Crippen molar-refractivity contribution in [1.29, 1.82) is 0 Å². The third kappa shape index (κ3) is 5.01. The van der Waals surface area contributed by atoms with E-state index < -0.39 is 0 Å². The number of aryl methyl sites for hydroxylation is 3. The average molecular weight is 426 g/mol. The molecule has 0 aliphatic heterocycles. The van der Waals surface area contributed by atoms with Gasteiger partial charge in [-0.15, -0.1) is 0 Å². The van der Waals surface area contributed by atoms with Gasteiger partial charge >= 0.3 is 6.03 Å². The summed E-state index contributed by atoms with van der Waals surface area (Å²) in [5, 5.41) is 5.78. The summed E-state index contributed by atoms with van der Waals surface area (Å²) in [6.45, 7) is 7.71. The van der Waals surface area contributed by atoms with E-state index in [9.17, 15) is 4.79 Å². The highest BCUT2D eigenvalue weighted by Crippen LogP contribution is 2.19. The Morgan fingerprint density at radius 3 is 2.37 bits per heavy atom. The first-order valence-corrected chi connectivity index (χ1v) is 9.73. The van der Waals surface area contributed by atoms with Crippen molar-refractivity contribution >= 4 is 27.6 Å². The molecule has 0 aliphatic carbocycles. The van der Waals surface area contributed by atoms with E-state index in [1.807, 2.05) is 36.4 Å². The van der Waals surface area contributed by atoms with E-state index in [4.69, 9.17) is 0 Å². The molecular weight excluding hydrogens is 402 g/mol. The molecule has 3 aromatic rings. The van der Waals surface area contributed by atoms with Crippen LogP contribution >= 0.6 is 15.9 Å². The van der Waals surface area contributed by atoms with Crippen molar-refractivity contribution in [2.75, 3.05) is 5.32 Å². The van der Waals surface area contributed by atoms with E-state index in [2.05, 4.69) is 70.2 Å². The van der Waals surface area contributed by atoms with Crippen molar-refractivity contribution in [1.82, 2.24) is 9.88 Å². The molecule has 5 heteroatoms. The lowest BCUT2D eigenvalue weighted by Crippen LogP contribution is -2.29. The third-order valence-corrected chi connectivity index (χ3v) is 5.15. The number of carbonyl (C=O) groups excluding carboxylic acids is 1. The topological polar surface area (TPSA) is 46.1 Å². The number of urea groups is 1. The van der Waals surface area contributed by atoms with Gasteiger partial charge in [0, 0.05) is 28.6 Å². The number of hydrogen-bond donors (Lipinski definition) is 2. The Kier molecular flexibility index (Phi) is 6.01. The highest BCUT2D eigenvalue weighted by atomic mass is 79.9. The molecule has 0 atom stereocenters. The maximum atomic E-state index is 12.2. The van der Waals surface area contributed by atoms with Crippen LogP contribution in [0.4, 0.5) is 10.5 Å². The lowest BCUT2D eigenvalue weighted by atomic mass is 10.00. The first kappa shape index (κ1) is 19.2. The van der Waals surface area contributed by atoms with Crippen molar-refractivity contribution in [2.45, 2.75) is 33.9 Å². The Balaban J connectivity index is 1.64. The SMILES string of the molecule is Cc1cc(C)c(Cn2cccc2CNC(=O)Nc2ccc(Br)cc2)c(C)c1. The van der Waals surface area contributed by atoms with Crippen molar-refractivity contribution in [2.24, 2.45) is 0 Å². The van der Waals surface area contributed by atoms with Crippen LogP contribution in [0.3, 0.4) is 0 Å². The number of anilines is 1. The van der Waals surface area contributed by atoms with Gasteiger partial charge in [-0.05, 0) is 73.9 Å². The smallest absolute Gasteiger partial charge is 0.319 e. The number of nitrogens with zero attached hydrogens (tertiary/aromatic N) is 1. The molecule has 4 nitrogen and oxygen atoms in total. The number of aromatic nitrogens is 1. The summed E-state index contributed by atoms with van der Waals surface area (Å²) in [4.78, 5) is 12.2. The van der Waals surface area contributed by atoms with Crippen LogP contribution in [0.2, 0.25) is 0 Å². The number of amides is 2. The minimum atomic E-state index is -0.215. The summed E-state index contributed by atoms with van der Waals surface area (Å²) in [6, 6.07) is 15.8. The maximum absolute atomic E-state index is 12.2. The third-order valence-electron chi connectivity index (χ3n) is 4.62. The fraction of sp³-hybridized carbons (Fsp3) is 0.227. The predicted octanol–water partition coefficient (Wildman–Crippen LogP) is 5.55. The quantitative estimate of drug-likeness (QED) is 0.553. The summed E-state index contributed by atoms with van der Waals surface area (Å²) in [5.74, 6) is 0. The molecule has 27 heavy (non-hydrogen) atoms. The second-order valence-electron chi connectivity index (χ2n) is 6.82. The predicted molar refractivity (Wildman–Crippen MR) is 114 cm³/mol. The largest absolute Gasteiger partial charge is 0.345 e. The summed E-state index contributed by atoms with van der Waals surface area (Å²) in [6.07, 6.45) is 2.06. The van der Waals surface area contributed by atoms with Crippen molar-refractivity contribution in [3.8, 4) is 0 Å². The standard InChI is InChI=1S/C22H24BrN3O/c1-15-11-16(2)21(17(3)12-15)14-26-10-4-5-20(26)13-24-22(27)25-19-8-6-18(23)7-9-19/h4-12H,13-14H2,1-3H3,(H2,24,25,27). The van der Waals surface area contributed by atoms with Crippen molar-refractivity contribution < 1.29 is 4.79 Å². The van der Waals surface area contributed by atoms with Gasteiger partial charge in [-0.1, -0.05) is 33.6 Å². The molecule has 0 radical (unpaired) electrons. The first-order valence-electron chi connectivity index (χ1n) is 8.93. The molecule has 1 aromatic heterocycles. The van der Waals surface area contributed by atoms with E-state index in [0.29, 0.717) is 6.54 Å². The molecule has 0 spiro atoms. The van der Waals surface area contributed by atoms with E-state index in [1.54, 1.807) is 0 Å². The highest BCUT2D eigenvalue weighted by Gasteiger charge is 2.09. The molecule has 1 heterocycles. The summed E-state index contributed by atoms with van der Waals surface area (Å²) in [7, 11) is 0. The van der Waals surface area contributed by atoms with Crippen LogP contribution in [-0.4, -0.2) is 10.6 Å². The number of carbonyl (C=O) groups is 1. The molecule has 0 saturated carbocycles. The van der Waals surface area contributed by atoms with Gasteiger partial charge in [0.05, 0.1) is 6.54 Å². The first-order chi connectivity index (χ1) is 12.9. The highest BCUT2D eigenvalue weighted by molar-refractivity contribution is 9.10. The van der Waals surface area contributed by atoms with Crippen molar-refractivity contribution in [3.63, 3.8) is 0 Å². The van der Waals surface area contributed by atoms with Crippen LogP contribution in [0, 0.1) is 20.8 Å². The Morgan fingerprint density at radius 1 is 1.04 bits per heavy atom. The molecule has 0 saturated heterocycles. The monoisotopic (exact) mass is 425 g/mol. The molecule has 140 valence electrons. The van der Waals surface area contributed by atoms with Crippen molar-refractivity contribution in [3.05, 3.63) is 87.1 Å². The van der Waals surface area contributed by atoms with Gasteiger partial charge < -0.3 is 15.2 Å². The van der Waals surface area contributed by atoms with Crippen LogP contribution in [0.15, 0.2) is 59.2 Å². The van der Waals surface area contributed by atoms with Crippen LogP contribution in [0.1, 0.15) is 27.9 Å². The zero-order valence-corrected chi connectivity index (χ0v) is 17.4. The van der Waals surface area contributed by atoms with Crippen LogP contribution in [0.5, 0.6) is 0 Å². The van der Waals surface area contributed by atoms with Gasteiger partial charge in [-0.3, -0.25) is 0 Å². The normalized spacial score (nSPS) is 10.7. The molecule has 0 aliphatic rings. The maximum Gasteiger partial charge on any atom is 0.319 e. The number of hydrogen-bond acceptors (Lipinski definition) is 1. The number of benzene rings is 2. The fourth-order valence-electron chi connectivity index (χ4n) is 3.27. The molecule has 2 amide bonds. The Morgan fingerprint density at radius 2 is 1.70 bits per heavy atom. The van der Waals surface area contributed by atoms with Gasteiger partial charge in [0.25, 0.3) is 0 Å². The van der Waals surface area contributed by atoms with Crippen LogP contribution < -0.4 is 10.6 Å². The van der Waals surface area contributed by atoms with Gasteiger partial charge in [0.2, 0.25) is 0 Å². The van der Waals surface area contributed by atoms with E-state index in [1.165, 1.54) is 22.3 Å². The average Bonchev–Trinajstić information content (AvgIpc) is 3.05. The molecule has 0 unspecified atom stereocenters. The van der Waals surface area contributed by atoms with Gasteiger partial charge in [-0.25, -0.2) is 4.79 Å². The number of nitrogens with one attached hydrogen (secondary N) is 2. The van der Waals surface area contributed by atoms with E-state index in [0.717, 1.165) is 22.4 Å². The number of halogens is 1. The molecule has 3 rings (SSSR count). The summed E-state index contributed by atoms with van der Waals surface area (Å²) >= 11 is 3.39. The van der Waals surface area contributed by atoms with E-state index >= 15 is 0 Å². The lowest BCUT2D eigenvalue weighted by Gasteiger charge is -2.15. The second kappa shape index (κ2) is 8.44. The molecular formula is C22H24BrN3O. The molecule has 0 bridgehead atoms. The zero-order valence-electron chi connectivity index (χ0n) is 15.8. The van der Waals surface area contributed by atoms with Gasteiger partial charge in [0.15, 0.2) is 0 Å². The number of rotatable bonds is 5. The van der Waals surface area contributed by atoms with Crippen LogP contribution in [-0.2, 0) is 13.1 Å². The lowest BCUT2D eigenvalue weighted by molar-refractivity contribution is 0.251. The van der Waals surface area contributed by atoms with E-state index in [-0.39, 0.29) is 6.03 Å². The van der Waals surface area contributed by atoms with Crippen LogP contribution in [0.25, 0.3) is 0 Å². The summed E-state index contributed by atoms with van der Waals surface area (Å²) in [5.41, 5.74) is 7.05. The van der Waals surface area contributed by atoms with Gasteiger partial charge in [-0.2, -0.15) is 0 Å². The zero-order chi connectivity index (χ0) is 19.4. The Hall–Kier alpha value is -2.53. The minimum absolute atomic E-state index is 0.215. The van der Waals surface area contributed by atoms with Gasteiger partial charge in [0.1, 0.15) is 0 Å². The summed E-state index contributed by atoms with van der Waals surface area (Å²) < 4.78 is 3.16. The molecule has 0 fully saturated rings. The fourth-order valence-corrected chi connectivity index (χ4v) is 3.54. The Labute approximate surface area is 168 Å². The Bertz CT molecular complexity index is 921. The second-order valence-corrected chi connectivity index (χ2v) is 7.73.